The lowest BCUT2D eigenvalue weighted by atomic mass is 9.82. The van der Waals surface area contributed by atoms with Crippen molar-refractivity contribution in [1.82, 2.24) is 0 Å². The highest BCUT2D eigenvalue weighted by Gasteiger charge is 2.51. The summed E-state index contributed by atoms with van der Waals surface area (Å²) in [5, 5.41) is 12.9. The molecule has 0 radical (unpaired) electrons. The Kier molecular flexibility index (Phi) is 3.91. The Labute approximate surface area is 148 Å². The maximum absolute atomic E-state index is 12.9. The standard InChI is InChI=1S/C18H19NO5S/c1-24-18(23)14-10-3-2-4-11(10)25-16(14)19-15(20)12-8-5-6-9(7-8)13(12)17(21)22/h5-6,8-9,12-13H,2-4,7H2,1H3,(H,19,20)(H,21,22)/t8-,9-,12+,13-/m0/s1. The monoisotopic (exact) mass is 361 g/mol. The molecule has 132 valence electrons. The summed E-state index contributed by atoms with van der Waals surface area (Å²) in [6.45, 7) is 0. The summed E-state index contributed by atoms with van der Waals surface area (Å²) in [5.74, 6) is -3.09. The molecule has 1 saturated carbocycles. The summed E-state index contributed by atoms with van der Waals surface area (Å²) in [6, 6.07) is 0. The van der Waals surface area contributed by atoms with Crippen LogP contribution in [0.5, 0.6) is 0 Å². The second-order valence-electron chi connectivity index (χ2n) is 6.88. The number of hydrogen-bond acceptors (Lipinski definition) is 5. The van der Waals surface area contributed by atoms with Crippen LogP contribution in [-0.4, -0.2) is 30.1 Å². The number of allylic oxidation sites excluding steroid dienone is 2. The Bertz CT molecular complexity index is 796. The third-order valence-electron chi connectivity index (χ3n) is 5.59. The molecule has 7 heteroatoms. The highest BCUT2D eigenvalue weighted by atomic mass is 32.1. The van der Waals surface area contributed by atoms with Gasteiger partial charge in [-0.25, -0.2) is 4.79 Å². The second-order valence-corrected chi connectivity index (χ2v) is 7.99. The van der Waals surface area contributed by atoms with Crippen molar-refractivity contribution in [3.05, 3.63) is 28.2 Å². The van der Waals surface area contributed by atoms with Gasteiger partial charge < -0.3 is 15.2 Å². The first kappa shape index (κ1) is 16.3. The zero-order valence-electron chi connectivity index (χ0n) is 13.8. The maximum atomic E-state index is 12.9. The number of amides is 1. The number of nitrogens with one attached hydrogen (secondary N) is 1. The van der Waals surface area contributed by atoms with Crippen molar-refractivity contribution in [2.75, 3.05) is 12.4 Å². The van der Waals surface area contributed by atoms with Crippen LogP contribution in [0.3, 0.4) is 0 Å². The Balaban J connectivity index is 1.63. The van der Waals surface area contributed by atoms with Gasteiger partial charge >= 0.3 is 11.9 Å². The molecule has 0 saturated heterocycles. The highest BCUT2D eigenvalue weighted by molar-refractivity contribution is 7.17. The third-order valence-corrected chi connectivity index (χ3v) is 6.80. The molecule has 1 heterocycles. The Hall–Kier alpha value is -2.15. The molecule has 2 N–H and O–H groups in total. The molecule has 0 aliphatic heterocycles. The zero-order chi connectivity index (χ0) is 17.7. The molecule has 6 nitrogen and oxygen atoms in total. The molecule has 3 aliphatic carbocycles. The average Bonchev–Trinajstić information content (AvgIpc) is 3.32. The molecule has 3 aliphatic rings. The van der Waals surface area contributed by atoms with Gasteiger partial charge in [-0.2, -0.15) is 0 Å². The van der Waals surface area contributed by atoms with E-state index in [9.17, 15) is 19.5 Å². The third kappa shape index (κ3) is 2.49. The van der Waals surface area contributed by atoms with Crippen LogP contribution >= 0.6 is 11.3 Å². The summed E-state index contributed by atoms with van der Waals surface area (Å²) < 4.78 is 4.89. The topological polar surface area (TPSA) is 92.7 Å². The number of carboxylic acids is 1. The largest absolute Gasteiger partial charge is 0.481 e. The van der Waals surface area contributed by atoms with Crippen LogP contribution in [0.4, 0.5) is 5.00 Å². The van der Waals surface area contributed by atoms with E-state index in [2.05, 4.69) is 5.32 Å². The number of anilines is 1. The SMILES string of the molecule is COC(=O)c1c(NC(=O)[C@H]2[C@@H](C(=O)O)[C@H]3C=C[C@H]2C3)sc2c1CCC2. The Morgan fingerprint density at radius 1 is 1.20 bits per heavy atom. The first-order valence-corrected chi connectivity index (χ1v) is 9.27. The molecular weight excluding hydrogens is 342 g/mol. The number of fused-ring (bicyclic) bond motifs is 3. The molecule has 0 aromatic carbocycles. The van der Waals surface area contributed by atoms with Gasteiger partial charge in [0.25, 0.3) is 0 Å². The number of carbonyl (C=O) groups excluding carboxylic acids is 2. The molecule has 1 fully saturated rings. The molecule has 4 atom stereocenters. The van der Waals surface area contributed by atoms with Gasteiger partial charge in [0, 0.05) is 4.88 Å². The minimum Gasteiger partial charge on any atom is -0.481 e. The molecule has 2 bridgehead atoms. The normalized spacial score (nSPS) is 28.8. The van der Waals surface area contributed by atoms with Gasteiger partial charge in [-0.15, -0.1) is 11.3 Å². The molecule has 4 rings (SSSR count). The molecule has 25 heavy (non-hydrogen) atoms. The average molecular weight is 361 g/mol. The molecule has 0 unspecified atom stereocenters. The summed E-state index contributed by atoms with van der Waals surface area (Å²) in [6.07, 6.45) is 7.27. The fourth-order valence-corrected chi connectivity index (χ4v) is 5.80. The van der Waals surface area contributed by atoms with Crippen molar-refractivity contribution in [3.8, 4) is 0 Å². The zero-order valence-corrected chi connectivity index (χ0v) is 14.6. The van der Waals surface area contributed by atoms with Crippen molar-refractivity contribution >= 4 is 34.2 Å². The smallest absolute Gasteiger partial charge is 0.341 e. The van der Waals surface area contributed by atoms with Crippen molar-refractivity contribution in [1.29, 1.82) is 0 Å². The number of ether oxygens (including phenoxy) is 1. The van der Waals surface area contributed by atoms with E-state index in [-0.39, 0.29) is 17.7 Å². The molecular formula is C18H19NO5S. The minimum absolute atomic E-state index is 0.0421. The number of carboxylic acid groups (broad SMARTS) is 1. The van der Waals surface area contributed by atoms with Crippen LogP contribution in [0.2, 0.25) is 0 Å². The minimum atomic E-state index is -0.932. The van der Waals surface area contributed by atoms with Crippen LogP contribution in [0.15, 0.2) is 12.2 Å². The second kappa shape index (κ2) is 5.98. The first-order chi connectivity index (χ1) is 12.0. The first-order valence-electron chi connectivity index (χ1n) is 8.46. The highest BCUT2D eigenvalue weighted by Crippen LogP contribution is 2.49. The molecule has 1 aromatic rings. The quantitative estimate of drug-likeness (QED) is 0.635. The van der Waals surface area contributed by atoms with Crippen LogP contribution in [0, 0.1) is 23.7 Å². The van der Waals surface area contributed by atoms with Crippen molar-refractivity contribution < 1.29 is 24.2 Å². The van der Waals surface area contributed by atoms with Crippen molar-refractivity contribution in [2.24, 2.45) is 23.7 Å². The molecule has 1 amide bonds. The van der Waals surface area contributed by atoms with E-state index in [1.165, 1.54) is 18.4 Å². The van der Waals surface area contributed by atoms with E-state index in [0.29, 0.717) is 17.0 Å². The van der Waals surface area contributed by atoms with E-state index < -0.39 is 23.8 Å². The van der Waals surface area contributed by atoms with Gasteiger partial charge in [0.15, 0.2) is 0 Å². The van der Waals surface area contributed by atoms with Crippen LogP contribution in [-0.2, 0) is 27.2 Å². The fraction of sp³-hybridized carbons (Fsp3) is 0.500. The predicted octanol–water partition coefficient (Wildman–Crippen LogP) is 2.48. The number of esters is 1. The van der Waals surface area contributed by atoms with Gasteiger partial charge in [-0.05, 0) is 43.1 Å². The Morgan fingerprint density at radius 3 is 2.60 bits per heavy atom. The van der Waals surface area contributed by atoms with E-state index in [1.54, 1.807) is 0 Å². The van der Waals surface area contributed by atoms with E-state index in [4.69, 9.17) is 4.74 Å². The summed E-state index contributed by atoms with van der Waals surface area (Å²) in [5.41, 5.74) is 1.41. The van der Waals surface area contributed by atoms with Gasteiger partial charge in [0.2, 0.25) is 5.91 Å². The summed E-state index contributed by atoms with van der Waals surface area (Å²) in [4.78, 5) is 37.8. The van der Waals surface area contributed by atoms with Gasteiger partial charge in [0.05, 0.1) is 24.5 Å². The van der Waals surface area contributed by atoms with Gasteiger partial charge in [0.1, 0.15) is 5.00 Å². The number of aryl methyl sites for hydroxylation is 1. The number of hydrogen-bond donors (Lipinski definition) is 2. The number of methoxy groups -OCH3 is 1. The van der Waals surface area contributed by atoms with Crippen molar-refractivity contribution in [2.45, 2.75) is 25.7 Å². The maximum Gasteiger partial charge on any atom is 0.341 e. The lowest BCUT2D eigenvalue weighted by molar-refractivity contribution is -0.146. The van der Waals surface area contributed by atoms with Crippen LogP contribution in [0.1, 0.15) is 33.6 Å². The number of aliphatic carboxylic acids is 1. The number of thiophene rings is 1. The molecule has 0 spiro atoms. The fourth-order valence-electron chi connectivity index (χ4n) is 4.52. The summed E-state index contributed by atoms with van der Waals surface area (Å²) in [7, 11) is 1.33. The Morgan fingerprint density at radius 2 is 1.92 bits per heavy atom. The van der Waals surface area contributed by atoms with E-state index >= 15 is 0 Å². The van der Waals surface area contributed by atoms with Gasteiger partial charge in [-0.3, -0.25) is 9.59 Å². The summed E-state index contributed by atoms with van der Waals surface area (Å²) >= 11 is 1.41. The van der Waals surface area contributed by atoms with Crippen LogP contribution in [0.25, 0.3) is 0 Å². The van der Waals surface area contributed by atoms with Crippen molar-refractivity contribution in [3.63, 3.8) is 0 Å². The number of rotatable bonds is 4. The van der Waals surface area contributed by atoms with Gasteiger partial charge in [-0.1, -0.05) is 12.2 Å². The lowest BCUT2D eigenvalue weighted by Gasteiger charge is -2.23. The van der Waals surface area contributed by atoms with E-state index in [1.807, 2.05) is 12.2 Å². The van der Waals surface area contributed by atoms with E-state index in [0.717, 1.165) is 29.7 Å². The lowest BCUT2D eigenvalue weighted by Crippen LogP contribution is -2.36. The number of carbonyl (C=O) groups is 3. The van der Waals surface area contributed by atoms with Crippen LogP contribution < -0.4 is 5.32 Å². The predicted molar refractivity (Wildman–Crippen MR) is 91.7 cm³/mol. The molecule has 1 aromatic heterocycles.